The van der Waals surface area contributed by atoms with Gasteiger partial charge in [0.05, 0.1) is 11.1 Å². The maximum Gasteiger partial charge on any atom is 0.145 e. The monoisotopic (exact) mass is 689 g/mol. The van der Waals surface area contributed by atoms with Gasteiger partial charge in [0.1, 0.15) is 11.2 Å². The Hall–Kier alpha value is -7.16. The van der Waals surface area contributed by atoms with Crippen molar-refractivity contribution in [3.05, 3.63) is 212 Å². The quantitative estimate of drug-likeness (QED) is 0.166. The predicted octanol–water partition coefficient (Wildman–Crippen LogP) is 14.9. The minimum Gasteiger partial charge on any atom is -0.455 e. The lowest BCUT2D eigenvalue weighted by Crippen LogP contribution is -2.10. The van der Waals surface area contributed by atoms with Gasteiger partial charge in [-0.15, -0.1) is 0 Å². The van der Waals surface area contributed by atoms with E-state index in [0.717, 1.165) is 55.7 Å². The second-order valence-corrected chi connectivity index (χ2v) is 13.7. The van der Waals surface area contributed by atoms with Crippen LogP contribution in [0.1, 0.15) is 0 Å². The molecule has 0 amide bonds. The van der Waals surface area contributed by atoms with Crippen LogP contribution in [-0.4, -0.2) is 0 Å². The highest BCUT2D eigenvalue weighted by Crippen LogP contribution is 2.47. The molecule has 1 heterocycles. The van der Waals surface area contributed by atoms with Gasteiger partial charge in [-0.3, -0.25) is 0 Å². The Morgan fingerprint density at radius 3 is 1.67 bits per heavy atom. The van der Waals surface area contributed by atoms with Gasteiger partial charge in [0.2, 0.25) is 0 Å². The van der Waals surface area contributed by atoms with E-state index in [9.17, 15) is 0 Å². The van der Waals surface area contributed by atoms with Crippen molar-refractivity contribution in [1.82, 2.24) is 0 Å². The van der Waals surface area contributed by atoms with Gasteiger partial charge in [-0.25, -0.2) is 0 Å². The highest BCUT2D eigenvalue weighted by Gasteiger charge is 2.22. The first-order valence-electron chi connectivity index (χ1n) is 18.4. The lowest BCUT2D eigenvalue weighted by atomic mass is 9.97. The molecule has 254 valence electrons. The predicted molar refractivity (Wildman–Crippen MR) is 228 cm³/mol. The van der Waals surface area contributed by atoms with Gasteiger partial charge in [-0.2, -0.15) is 0 Å². The molecule has 10 aromatic rings. The summed E-state index contributed by atoms with van der Waals surface area (Å²) in [6, 6.07) is 75.8. The van der Waals surface area contributed by atoms with Gasteiger partial charge in [-0.1, -0.05) is 170 Å². The maximum absolute atomic E-state index is 6.73. The minimum absolute atomic E-state index is 0.871. The van der Waals surface area contributed by atoms with E-state index in [2.05, 4.69) is 211 Å². The summed E-state index contributed by atoms with van der Waals surface area (Å²) in [5.41, 5.74) is 14.3. The molecule has 0 radical (unpaired) electrons. The molecule has 0 atom stereocenters. The van der Waals surface area contributed by atoms with Crippen molar-refractivity contribution in [1.29, 1.82) is 0 Å². The summed E-state index contributed by atoms with van der Waals surface area (Å²) in [4.78, 5) is 2.38. The summed E-state index contributed by atoms with van der Waals surface area (Å²) in [6.07, 6.45) is 0. The first-order chi connectivity index (χ1) is 26.8. The highest BCUT2D eigenvalue weighted by molar-refractivity contribution is 6.17. The second kappa shape index (κ2) is 13.4. The summed E-state index contributed by atoms with van der Waals surface area (Å²) >= 11 is 0. The van der Waals surface area contributed by atoms with Gasteiger partial charge in [0.15, 0.2) is 0 Å². The van der Waals surface area contributed by atoms with E-state index in [1.807, 2.05) is 6.07 Å². The number of para-hydroxylation sites is 1. The summed E-state index contributed by atoms with van der Waals surface area (Å²) in [5.74, 6) is 0. The van der Waals surface area contributed by atoms with E-state index in [-0.39, 0.29) is 0 Å². The number of fused-ring (bicyclic) bond motifs is 4. The fourth-order valence-electron chi connectivity index (χ4n) is 7.85. The largest absolute Gasteiger partial charge is 0.455 e. The molecule has 2 heteroatoms. The summed E-state index contributed by atoms with van der Waals surface area (Å²) in [6.45, 7) is 0. The third-order valence-electron chi connectivity index (χ3n) is 10.5. The van der Waals surface area contributed by atoms with Crippen molar-refractivity contribution >= 4 is 49.8 Å². The summed E-state index contributed by atoms with van der Waals surface area (Å²) in [5, 5.41) is 4.66. The molecule has 0 saturated heterocycles. The third kappa shape index (κ3) is 5.62. The zero-order valence-corrected chi connectivity index (χ0v) is 29.6. The molecule has 0 aliphatic rings. The van der Waals surface area contributed by atoms with Crippen LogP contribution in [-0.2, 0) is 0 Å². The van der Waals surface area contributed by atoms with Crippen molar-refractivity contribution in [3.63, 3.8) is 0 Å². The molecule has 0 fully saturated rings. The number of benzene rings is 9. The zero-order chi connectivity index (χ0) is 35.8. The topological polar surface area (TPSA) is 16.4 Å². The second-order valence-electron chi connectivity index (χ2n) is 13.7. The van der Waals surface area contributed by atoms with Gasteiger partial charge in [-0.05, 0) is 92.2 Å². The molecule has 0 aliphatic heterocycles. The maximum atomic E-state index is 6.73. The zero-order valence-electron chi connectivity index (χ0n) is 29.6. The molecule has 54 heavy (non-hydrogen) atoms. The van der Waals surface area contributed by atoms with E-state index < -0.39 is 0 Å². The number of rotatable bonds is 7. The average Bonchev–Trinajstić information content (AvgIpc) is 3.65. The minimum atomic E-state index is 0.871. The SMILES string of the molecule is c1ccc(-c2ccc(-c3cccc(N(c4ccc(-c5cccc6ccccc56)cc4)c4ccc(-c5ccccc5)c5oc6ccccc6c45)c3)cc2)cc1. The van der Waals surface area contributed by atoms with Crippen LogP contribution in [0.4, 0.5) is 17.1 Å². The number of hydrogen-bond donors (Lipinski definition) is 0. The Morgan fingerprint density at radius 2 is 0.889 bits per heavy atom. The molecule has 0 unspecified atom stereocenters. The van der Waals surface area contributed by atoms with Crippen LogP contribution >= 0.6 is 0 Å². The number of hydrogen-bond acceptors (Lipinski definition) is 2. The lowest BCUT2D eigenvalue weighted by molar-refractivity contribution is 0.670. The van der Waals surface area contributed by atoms with E-state index in [1.165, 1.54) is 38.6 Å². The van der Waals surface area contributed by atoms with Crippen LogP contribution in [0.5, 0.6) is 0 Å². The fourth-order valence-corrected chi connectivity index (χ4v) is 7.85. The Labute approximate surface area is 314 Å². The number of anilines is 3. The lowest BCUT2D eigenvalue weighted by Gasteiger charge is -2.27. The van der Waals surface area contributed by atoms with Crippen molar-refractivity contribution in [3.8, 4) is 44.5 Å². The average molecular weight is 690 g/mol. The van der Waals surface area contributed by atoms with Crippen LogP contribution in [0, 0.1) is 0 Å². The Bertz CT molecular complexity index is 2900. The third-order valence-corrected chi connectivity index (χ3v) is 10.5. The Kier molecular flexibility index (Phi) is 7.85. The van der Waals surface area contributed by atoms with Crippen molar-refractivity contribution in [2.75, 3.05) is 4.90 Å². The molecule has 0 bridgehead atoms. The van der Waals surface area contributed by atoms with E-state index in [1.54, 1.807) is 0 Å². The van der Waals surface area contributed by atoms with Gasteiger partial charge in [0.25, 0.3) is 0 Å². The van der Waals surface area contributed by atoms with Gasteiger partial charge < -0.3 is 9.32 Å². The number of furan rings is 1. The molecular formula is C52H35NO. The fraction of sp³-hybridized carbons (Fsp3) is 0. The van der Waals surface area contributed by atoms with E-state index in [0.29, 0.717) is 0 Å². The molecule has 9 aromatic carbocycles. The van der Waals surface area contributed by atoms with Crippen molar-refractivity contribution in [2.45, 2.75) is 0 Å². The van der Waals surface area contributed by atoms with E-state index >= 15 is 0 Å². The molecule has 10 rings (SSSR count). The first kappa shape index (κ1) is 31.6. The van der Waals surface area contributed by atoms with Crippen LogP contribution in [0.3, 0.4) is 0 Å². The Balaban J connectivity index is 1.15. The molecular weight excluding hydrogens is 655 g/mol. The summed E-state index contributed by atoms with van der Waals surface area (Å²) in [7, 11) is 0. The molecule has 0 saturated carbocycles. The van der Waals surface area contributed by atoms with E-state index in [4.69, 9.17) is 4.42 Å². The molecule has 1 aromatic heterocycles. The smallest absolute Gasteiger partial charge is 0.145 e. The molecule has 0 spiro atoms. The normalized spacial score (nSPS) is 11.3. The highest BCUT2D eigenvalue weighted by atomic mass is 16.3. The first-order valence-corrected chi connectivity index (χ1v) is 18.4. The van der Waals surface area contributed by atoms with Crippen molar-refractivity contribution < 1.29 is 4.42 Å². The molecule has 0 aliphatic carbocycles. The van der Waals surface area contributed by atoms with Crippen molar-refractivity contribution in [2.24, 2.45) is 0 Å². The van der Waals surface area contributed by atoms with Gasteiger partial charge >= 0.3 is 0 Å². The van der Waals surface area contributed by atoms with Crippen LogP contribution in [0.25, 0.3) is 77.2 Å². The van der Waals surface area contributed by atoms with Crippen LogP contribution < -0.4 is 4.90 Å². The molecule has 0 N–H and O–H groups in total. The standard InChI is InChI=1S/C52H35NO/c1-3-13-36(14-4-1)37-25-27-38(28-26-37)42-19-11-20-44(35-42)53(43-31-29-41(30-32-43)46-23-12-18-39-17-7-8-21-45(39)46)49-34-33-47(40-15-5-2-6-16-40)52-51(49)48-22-9-10-24-50(48)54-52/h1-35H. The van der Waals surface area contributed by atoms with Crippen LogP contribution in [0.2, 0.25) is 0 Å². The Morgan fingerprint density at radius 1 is 0.333 bits per heavy atom. The van der Waals surface area contributed by atoms with Gasteiger partial charge in [0, 0.05) is 22.3 Å². The number of nitrogens with zero attached hydrogens (tertiary/aromatic N) is 1. The van der Waals surface area contributed by atoms with Crippen LogP contribution in [0.15, 0.2) is 217 Å². The molecule has 2 nitrogen and oxygen atoms in total. The summed E-state index contributed by atoms with van der Waals surface area (Å²) < 4.78 is 6.73.